The number of hydrogen-bond donors (Lipinski definition) is 0. The first kappa shape index (κ1) is 14.0. The van der Waals surface area contributed by atoms with Gasteiger partial charge in [0.2, 0.25) is 0 Å². The zero-order valence-corrected chi connectivity index (χ0v) is 11.4. The van der Waals surface area contributed by atoms with Gasteiger partial charge in [-0.25, -0.2) is 0 Å². The number of furan rings is 1. The Labute approximate surface area is 118 Å². The van der Waals surface area contributed by atoms with Crippen LogP contribution < -0.4 is 0 Å². The van der Waals surface area contributed by atoms with Crippen LogP contribution in [0.4, 0.5) is 0 Å². The molecule has 0 fully saturated rings. The summed E-state index contributed by atoms with van der Waals surface area (Å²) in [6.07, 6.45) is 1.63. The number of ketones is 1. The summed E-state index contributed by atoms with van der Waals surface area (Å²) in [6.45, 7) is 3.73. The Kier molecular flexibility index (Phi) is 4.70. The molecule has 0 bridgehead atoms. The first-order valence-electron chi connectivity index (χ1n) is 6.51. The second-order valence-electron chi connectivity index (χ2n) is 4.49. The monoisotopic (exact) mass is 268 g/mol. The third kappa shape index (κ3) is 3.56. The van der Waals surface area contributed by atoms with Crippen LogP contribution >= 0.6 is 0 Å². The van der Waals surface area contributed by atoms with Gasteiger partial charge in [0.15, 0.2) is 5.78 Å². The summed E-state index contributed by atoms with van der Waals surface area (Å²) in [4.78, 5) is 14.2. The molecular formula is C16H16N2O2. The highest BCUT2D eigenvalue weighted by atomic mass is 16.3. The van der Waals surface area contributed by atoms with E-state index in [0.717, 1.165) is 12.3 Å². The number of nitriles is 1. The minimum atomic E-state index is 0.0443. The van der Waals surface area contributed by atoms with Gasteiger partial charge in [-0.05, 0) is 30.8 Å². The van der Waals surface area contributed by atoms with Gasteiger partial charge >= 0.3 is 0 Å². The molecule has 1 aromatic carbocycles. The predicted molar refractivity (Wildman–Crippen MR) is 75.1 cm³/mol. The molecule has 0 radical (unpaired) electrons. The maximum absolute atomic E-state index is 12.2. The molecule has 1 heterocycles. The van der Waals surface area contributed by atoms with E-state index in [0.29, 0.717) is 24.2 Å². The Morgan fingerprint density at radius 1 is 1.30 bits per heavy atom. The lowest BCUT2D eigenvalue weighted by molar-refractivity contribution is 0.0925. The number of hydrogen-bond acceptors (Lipinski definition) is 4. The smallest absolute Gasteiger partial charge is 0.176 e. The summed E-state index contributed by atoms with van der Waals surface area (Å²) in [5.41, 5.74) is 1.19. The summed E-state index contributed by atoms with van der Waals surface area (Å²) >= 11 is 0. The highest BCUT2D eigenvalue weighted by Crippen LogP contribution is 2.09. The van der Waals surface area contributed by atoms with Crippen molar-refractivity contribution in [2.75, 3.05) is 13.1 Å². The van der Waals surface area contributed by atoms with Crippen LogP contribution in [-0.4, -0.2) is 23.8 Å². The summed E-state index contributed by atoms with van der Waals surface area (Å²) in [7, 11) is 0. The number of carbonyl (C=O) groups is 1. The molecule has 20 heavy (non-hydrogen) atoms. The van der Waals surface area contributed by atoms with E-state index in [-0.39, 0.29) is 5.78 Å². The van der Waals surface area contributed by atoms with Crippen molar-refractivity contribution in [2.45, 2.75) is 13.5 Å². The van der Waals surface area contributed by atoms with Crippen LogP contribution in [0, 0.1) is 11.3 Å². The van der Waals surface area contributed by atoms with Crippen molar-refractivity contribution in [3.63, 3.8) is 0 Å². The van der Waals surface area contributed by atoms with Gasteiger partial charge in [-0.3, -0.25) is 9.69 Å². The zero-order chi connectivity index (χ0) is 14.4. The molecule has 0 amide bonds. The topological polar surface area (TPSA) is 57.2 Å². The van der Waals surface area contributed by atoms with Gasteiger partial charge in [0.25, 0.3) is 0 Å². The number of benzene rings is 1. The molecule has 2 rings (SSSR count). The van der Waals surface area contributed by atoms with Crippen molar-refractivity contribution in [3.05, 3.63) is 59.5 Å². The third-order valence-electron chi connectivity index (χ3n) is 3.11. The van der Waals surface area contributed by atoms with E-state index in [1.54, 1.807) is 30.5 Å². The van der Waals surface area contributed by atoms with Crippen LogP contribution in [0.15, 0.2) is 47.1 Å². The average Bonchev–Trinajstić information content (AvgIpc) is 2.99. The number of Topliss-reactive ketones (excluding diaryl/α,β-unsaturated/α-hetero) is 1. The first-order chi connectivity index (χ1) is 9.72. The molecule has 0 spiro atoms. The molecule has 0 N–H and O–H groups in total. The number of nitrogens with zero attached hydrogens (tertiary/aromatic N) is 2. The van der Waals surface area contributed by atoms with Crippen molar-refractivity contribution in [3.8, 4) is 6.07 Å². The van der Waals surface area contributed by atoms with Crippen LogP contribution in [0.5, 0.6) is 0 Å². The Morgan fingerprint density at radius 2 is 2.05 bits per heavy atom. The van der Waals surface area contributed by atoms with Crippen molar-refractivity contribution < 1.29 is 9.21 Å². The normalized spacial score (nSPS) is 10.4. The molecule has 0 aliphatic carbocycles. The van der Waals surface area contributed by atoms with Gasteiger partial charge in [-0.1, -0.05) is 19.1 Å². The van der Waals surface area contributed by atoms with Crippen LogP contribution in [0.3, 0.4) is 0 Å². The summed E-state index contributed by atoms with van der Waals surface area (Å²) in [5, 5.41) is 8.74. The zero-order valence-electron chi connectivity index (χ0n) is 11.4. The Balaban J connectivity index is 1.99. The summed E-state index contributed by atoms with van der Waals surface area (Å²) in [5.74, 6) is 0.891. The Bertz CT molecular complexity index is 594. The summed E-state index contributed by atoms with van der Waals surface area (Å²) < 4.78 is 5.29. The van der Waals surface area contributed by atoms with Crippen molar-refractivity contribution in [1.29, 1.82) is 5.26 Å². The molecule has 0 saturated heterocycles. The lowest BCUT2D eigenvalue weighted by atomic mass is 10.1. The van der Waals surface area contributed by atoms with E-state index in [1.165, 1.54) is 0 Å². The van der Waals surface area contributed by atoms with Gasteiger partial charge in [0, 0.05) is 5.56 Å². The van der Waals surface area contributed by atoms with E-state index in [9.17, 15) is 4.79 Å². The molecule has 2 aromatic rings. The SMILES string of the molecule is CCN(CC(=O)c1ccc(C#N)cc1)Cc1ccco1. The molecule has 102 valence electrons. The Morgan fingerprint density at radius 3 is 2.60 bits per heavy atom. The predicted octanol–water partition coefficient (Wildman–Crippen LogP) is 2.86. The highest BCUT2D eigenvalue weighted by molar-refractivity contribution is 5.97. The lowest BCUT2D eigenvalue weighted by Gasteiger charge is -2.18. The maximum Gasteiger partial charge on any atom is 0.176 e. The molecular weight excluding hydrogens is 252 g/mol. The second kappa shape index (κ2) is 6.69. The van der Waals surface area contributed by atoms with Crippen molar-refractivity contribution >= 4 is 5.78 Å². The number of carbonyl (C=O) groups excluding carboxylic acids is 1. The molecule has 0 unspecified atom stereocenters. The fourth-order valence-electron chi connectivity index (χ4n) is 1.93. The molecule has 0 saturated carbocycles. The standard InChI is InChI=1S/C16H16N2O2/c1-2-18(11-15-4-3-9-20-15)12-16(19)14-7-5-13(10-17)6-8-14/h3-9H,2,11-12H2,1H3. The summed E-state index contributed by atoms with van der Waals surface area (Å²) in [6, 6.07) is 12.5. The average molecular weight is 268 g/mol. The molecule has 0 aliphatic rings. The van der Waals surface area contributed by atoms with Gasteiger partial charge < -0.3 is 4.42 Å². The molecule has 4 heteroatoms. The minimum absolute atomic E-state index is 0.0443. The molecule has 0 aliphatic heterocycles. The molecule has 0 atom stereocenters. The van der Waals surface area contributed by atoms with Crippen LogP contribution in [0.1, 0.15) is 28.6 Å². The van der Waals surface area contributed by atoms with Crippen LogP contribution in [0.25, 0.3) is 0 Å². The minimum Gasteiger partial charge on any atom is -0.468 e. The molecule has 4 nitrogen and oxygen atoms in total. The largest absolute Gasteiger partial charge is 0.468 e. The van der Waals surface area contributed by atoms with Gasteiger partial charge in [0.05, 0.1) is 31.0 Å². The number of rotatable bonds is 6. The quantitative estimate of drug-likeness (QED) is 0.756. The molecule has 1 aromatic heterocycles. The van der Waals surface area contributed by atoms with E-state index in [1.807, 2.05) is 30.0 Å². The van der Waals surface area contributed by atoms with Gasteiger partial charge in [0.1, 0.15) is 5.76 Å². The van der Waals surface area contributed by atoms with Gasteiger partial charge in [-0.2, -0.15) is 5.26 Å². The van der Waals surface area contributed by atoms with E-state index in [4.69, 9.17) is 9.68 Å². The van der Waals surface area contributed by atoms with Crippen LogP contribution in [-0.2, 0) is 6.54 Å². The van der Waals surface area contributed by atoms with Crippen molar-refractivity contribution in [1.82, 2.24) is 4.90 Å². The third-order valence-corrected chi connectivity index (χ3v) is 3.11. The lowest BCUT2D eigenvalue weighted by Crippen LogP contribution is -2.29. The maximum atomic E-state index is 12.2. The van der Waals surface area contributed by atoms with E-state index in [2.05, 4.69) is 0 Å². The van der Waals surface area contributed by atoms with E-state index < -0.39 is 0 Å². The first-order valence-corrected chi connectivity index (χ1v) is 6.51. The van der Waals surface area contributed by atoms with Gasteiger partial charge in [-0.15, -0.1) is 0 Å². The fraction of sp³-hybridized carbons (Fsp3) is 0.250. The van der Waals surface area contributed by atoms with Crippen LogP contribution in [0.2, 0.25) is 0 Å². The Hall–Kier alpha value is -2.38. The van der Waals surface area contributed by atoms with E-state index >= 15 is 0 Å². The van der Waals surface area contributed by atoms with Crippen molar-refractivity contribution in [2.24, 2.45) is 0 Å². The second-order valence-corrected chi connectivity index (χ2v) is 4.49. The highest BCUT2D eigenvalue weighted by Gasteiger charge is 2.12. The fourth-order valence-corrected chi connectivity index (χ4v) is 1.93. The number of likely N-dealkylation sites (N-methyl/N-ethyl adjacent to an activating group) is 1.